The number of nitrogens with two attached hydrogens (primary N) is 1. The molecule has 1 saturated heterocycles. The van der Waals surface area contributed by atoms with Gasteiger partial charge in [0.1, 0.15) is 0 Å². The fourth-order valence-corrected chi connectivity index (χ4v) is 1.59. The number of carbonyl (C=O) groups excluding carboxylic acids is 2. The number of piperazine rings is 1. The molecule has 94 valence electrons. The highest BCUT2D eigenvalue weighted by Crippen LogP contribution is 2.05. The summed E-state index contributed by atoms with van der Waals surface area (Å²) in [5.74, 6) is -0.324. The van der Waals surface area contributed by atoms with Gasteiger partial charge in [-0.1, -0.05) is 0 Å². The highest BCUT2D eigenvalue weighted by Gasteiger charge is 2.25. The van der Waals surface area contributed by atoms with Crippen molar-refractivity contribution >= 4 is 11.9 Å². The van der Waals surface area contributed by atoms with E-state index in [0.29, 0.717) is 0 Å². The van der Waals surface area contributed by atoms with Crippen molar-refractivity contribution in [3.05, 3.63) is 0 Å². The van der Waals surface area contributed by atoms with Crippen molar-refractivity contribution in [1.29, 1.82) is 0 Å². The zero-order valence-corrected chi connectivity index (χ0v) is 11.9. The van der Waals surface area contributed by atoms with E-state index in [9.17, 15) is 9.59 Å². The van der Waals surface area contributed by atoms with Gasteiger partial charge in [0.2, 0.25) is 5.91 Å². The summed E-state index contributed by atoms with van der Waals surface area (Å²) in [4.78, 5) is 23.7. The molecule has 1 rings (SSSR count). The largest absolute Gasteiger partial charge is 1.00 e. The molecule has 7 heteroatoms. The summed E-state index contributed by atoms with van der Waals surface area (Å²) >= 11 is 0. The van der Waals surface area contributed by atoms with Crippen LogP contribution in [0.2, 0.25) is 0 Å². The van der Waals surface area contributed by atoms with Crippen molar-refractivity contribution in [3.8, 4) is 0 Å². The third kappa shape index (κ3) is 5.61. The standard InChI is InChI=1S/C9H18N4O2.HI/c1-13(2)5-3-12(4-6-13)7-8(14)11-9(10)15;/h3-7H2,1-2H3,(H2-,10,11,14,15);1H. The summed E-state index contributed by atoms with van der Waals surface area (Å²) in [5.41, 5.74) is 4.85. The summed E-state index contributed by atoms with van der Waals surface area (Å²) in [6.07, 6.45) is 0. The Bertz CT molecular complexity index is 260. The molecule has 0 aromatic rings. The number of amides is 3. The van der Waals surface area contributed by atoms with Crippen LogP contribution in [0.25, 0.3) is 0 Å². The van der Waals surface area contributed by atoms with Crippen molar-refractivity contribution in [3.63, 3.8) is 0 Å². The minimum Gasteiger partial charge on any atom is -1.00 e. The predicted octanol–water partition coefficient (Wildman–Crippen LogP) is -4.42. The van der Waals surface area contributed by atoms with Crippen LogP contribution in [0, 0.1) is 0 Å². The molecule has 0 bridgehead atoms. The van der Waals surface area contributed by atoms with E-state index in [4.69, 9.17) is 5.73 Å². The van der Waals surface area contributed by atoms with E-state index in [-0.39, 0.29) is 36.4 Å². The predicted molar refractivity (Wildman–Crippen MR) is 56.0 cm³/mol. The Kier molecular flexibility index (Phi) is 6.19. The lowest BCUT2D eigenvalue weighted by Gasteiger charge is -2.38. The van der Waals surface area contributed by atoms with Crippen LogP contribution in [-0.2, 0) is 4.79 Å². The van der Waals surface area contributed by atoms with E-state index in [0.717, 1.165) is 30.7 Å². The molecule has 16 heavy (non-hydrogen) atoms. The van der Waals surface area contributed by atoms with Crippen molar-refractivity contribution in [1.82, 2.24) is 10.2 Å². The summed E-state index contributed by atoms with van der Waals surface area (Å²) in [7, 11) is 4.33. The summed E-state index contributed by atoms with van der Waals surface area (Å²) in [6.45, 7) is 4.04. The molecule has 0 aliphatic carbocycles. The van der Waals surface area contributed by atoms with E-state index < -0.39 is 6.03 Å². The average molecular weight is 342 g/mol. The zero-order chi connectivity index (χ0) is 11.5. The van der Waals surface area contributed by atoms with Crippen LogP contribution in [0.3, 0.4) is 0 Å². The summed E-state index contributed by atoms with van der Waals surface area (Å²) < 4.78 is 0.980. The third-order valence-corrected chi connectivity index (χ3v) is 2.67. The van der Waals surface area contributed by atoms with Crippen molar-refractivity contribution < 1.29 is 38.0 Å². The number of imide groups is 1. The molecule has 0 saturated carbocycles. The lowest BCUT2D eigenvalue weighted by molar-refractivity contribution is -0.894. The number of urea groups is 1. The SMILES string of the molecule is C[N+]1(C)CCN(CC(=O)NC(N)=O)CC1.[I-]. The van der Waals surface area contributed by atoms with Gasteiger partial charge in [-0.25, -0.2) is 4.79 Å². The van der Waals surface area contributed by atoms with E-state index in [1.54, 1.807) is 0 Å². The fourth-order valence-electron chi connectivity index (χ4n) is 1.59. The van der Waals surface area contributed by atoms with Gasteiger partial charge in [-0.05, 0) is 0 Å². The molecule has 1 fully saturated rings. The monoisotopic (exact) mass is 342 g/mol. The van der Waals surface area contributed by atoms with E-state index in [1.807, 2.05) is 4.90 Å². The van der Waals surface area contributed by atoms with Crippen LogP contribution in [0.4, 0.5) is 4.79 Å². The zero-order valence-electron chi connectivity index (χ0n) is 9.70. The maximum absolute atomic E-state index is 11.2. The molecular weight excluding hydrogens is 323 g/mol. The van der Waals surface area contributed by atoms with Gasteiger partial charge in [-0.15, -0.1) is 0 Å². The number of nitrogens with zero attached hydrogens (tertiary/aromatic N) is 2. The molecule has 0 radical (unpaired) electrons. The van der Waals surface area contributed by atoms with Crippen LogP contribution in [0.15, 0.2) is 0 Å². The van der Waals surface area contributed by atoms with E-state index in [2.05, 4.69) is 19.4 Å². The molecule has 6 nitrogen and oxygen atoms in total. The Morgan fingerprint density at radius 2 is 1.81 bits per heavy atom. The minimum atomic E-state index is -0.784. The van der Waals surface area contributed by atoms with Crippen LogP contribution in [0.1, 0.15) is 0 Å². The molecule has 0 aromatic heterocycles. The summed E-state index contributed by atoms with van der Waals surface area (Å²) in [6, 6.07) is -0.784. The Balaban J connectivity index is 0.00000225. The van der Waals surface area contributed by atoms with Crippen molar-refractivity contribution in [2.45, 2.75) is 0 Å². The number of quaternary nitrogens is 1. The Morgan fingerprint density at radius 3 is 2.25 bits per heavy atom. The van der Waals surface area contributed by atoms with Gasteiger partial charge in [-0.2, -0.15) is 0 Å². The molecule has 3 amide bonds. The van der Waals surface area contributed by atoms with Crippen molar-refractivity contribution in [2.75, 3.05) is 46.8 Å². The molecule has 3 N–H and O–H groups in total. The highest BCUT2D eigenvalue weighted by molar-refractivity contribution is 5.94. The van der Waals surface area contributed by atoms with Gasteiger partial charge in [0.15, 0.2) is 0 Å². The van der Waals surface area contributed by atoms with Gasteiger partial charge in [-0.3, -0.25) is 15.0 Å². The second kappa shape index (κ2) is 6.36. The molecule has 0 atom stereocenters. The number of hydrogen-bond donors (Lipinski definition) is 2. The molecule has 1 heterocycles. The minimum absolute atomic E-state index is 0. The Morgan fingerprint density at radius 1 is 1.31 bits per heavy atom. The second-order valence-electron chi connectivity index (χ2n) is 4.57. The van der Waals surface area contributed by atoms with Gasteiger partial charge in [0.25, 0.3) is 0 Å². The molecule has 0 spiro atoms. The first kappa shape index (κ1) is 15.6. The lowest BCUT2D eigenvalue weighted by atomic mass is 10.3. The number of rotatable bonds is 2. The Labute approximate surface area is 113 Å². The molecule has 1 aliphatic heterocycles. The maximum Gasteiger partial charge on any atom is 0.318 e. The average Bonchev–Trinajstić information content (AvgIpc) is 2.07. The third-order valence-electron chi connectivity index (χ3n) is 2.67. The fraction of sp³-hybridized carbons (Fsp3) is 0.778. The Hall–Kier alpha value is -0.410. The highest BCUT2D eigenvalue weighted by atomic mass is 127. The summed E-state index contributed by atoms with van der Waals surface area (Å²) in [5, 5.41) is 2.06. The lowest BCUT2D eigenvalue weighted by Crippen LogP contribution is -3.00. The van der Waals surface area contributed by atoms with Crippen LogP contribution < -0.4 is 35.0 Å². The van der Waals surface area contributed by atoms with E-state index in [1.165, 1.54) is 0 Å². The topological polar surface area (TPSA) is 75.4 Å². The van der Waals surface area contributed by atoms with Crippen molar-refractivity contribution in [2.24, 2.45) is 5.73 Å². The van der Waals surface area contributed by atoms with Gasteiger partial charge >= 0.3 is 6.03 Å². The van der Waals surface area contributed by atoms with Gasteiger partial charge in [0.05, 0.1) is 33.7 Å². The number of carbonyl (C=O) groups is 2. The quantitative estimate of drug-likeness (QED) is 0.393. The van der Waals surface area contributed by atoms with E-state index >= 15 is 0 Å². The van der Waals surface area contributed by atoms with Gasteiger partial charge in [0, 0.05) is 13.1 Å². The molecule has 0 unspecified atom stereocenters. The maximum atomic E-state index is 11.2. The number of halogens is 1. The first-order valence-electron chi connectivity index (χ1n) is 5.03. The molecule has 0 aromatic carbocycles. The second-order valence-corrected chi connectivity index (χ2v) is 4.57. The number of primary amides is 1. The normalized spacial score (nSPS) is 19.6. The van der Waals surface area contributed by atoms with Crippen LogP contribution in [0.5, 0.6) is 0 Å². The van der Waals surface area contributed by atoms with Crippen LogP contribution >= 0.6 is 0 Å². The number of nitrogens with one attached hydrogen (secondary N) is 1. The number of likely N-dealkylation sites (N-methyl/N-ethyl adjacent to an activating group) is 1. The molecular formula is C9H19IN4O2. The smallest absolute Gasteiger partial charge is 0.318 e. The first-order chi connectivity index (χ1) is 6.89. The number of hydrogen-bond acceptors (Lipinski definition) is 3. The van der Waals surface area contributed by atoms with Gasteiger partial charge < -0.3 is 34.2 Å². The van der Waals surface area contributed by atoms with Crippen LogP contribution in [-0.4, -0.2) is 68.1 Å². The molecule has 1 aliphatic rings. The first-order valence-corrected chi connectivity index (χ1v) is 5.03.